The third-order valence-electron chi connectivity index (χ3n) is 11.6. The lowest BCUT2D eigenvalue weighted by atomic mass is 9.81. The number of aryl methyl sites for hydroxylation is 1. The summed E-state index contributed by atoms with van der Waals surface area (Å²) in [5.41, 5.74) is 12.8. The summed E-state index contributed by atoms with van der Waals surface area (Å²) >= 11 is 0. The van der Waals surface area contributed by atoms with Crippen LogP contribution < -0.4 is 0 Å². The molecule has 1 aliphatic carbocycles. The summed E-state index contributed by atoms with van der Waals surface area (Å²) in [6.07, 6.45) is 2.01. The number of rotatable bonds is 3. The van der Waals surface area contributed by atoms with Gasteiger partial charge in [-0.25, -0.2) is 4.99 Å². The summed E-state index contributed by atoms with van der Waals surface area (Å²) in [5, 5.41) is 12.3. The third-order valence-corrected chi connectivity index (χ3v) is 11.6. The zero-order chi connectivity index (χ0) is 36.6. The highest BCUT2D eigenvalue weighted by Gasteiger charge is 2.25. The average molecular weight is 699 g/mol. The van der Waals surface area contributed by atoms with Crippen molar-refractivity contribution in [1.82, 2.24) is 4.98 Å². The normalized spacial score (nSPS) is 13.3. The van der Waals surface area contributed by atoms with Gasteiger partial charge in [0.25, 0.3) is 0 Å². The molecule has 256 valence electrons. The van der Waals surface area contributed by atoms with Crippen LogP contribution in [0.2, 0.25) is 0 Å². The fraction of sp³-hybridized carbons (Fsp3) is 0.0189. The van der Waals surface area contributed by atoms with Crippen LogP contribution in [0.25, 0.3) is 92.9 Å². The quantitative estimate of drug-likeness (QED) is 0.169. The fourth-order valence-corrected chi connectivity index (χ4v) is 8.91. The van der Waals surface area contributed by atoms with E-state index in [-0.39, 0.29) is 0 Å². The van der Waals surface area contributed by atoms with Crippen LogP contribution in [-0.2, 0) is 0 Å². The van der Waals surface area contributed by atoms with Gasteiger partial charge in [0.2, 0.25) is 0 Å². The van der Waals surface area contributed by atoms with Crippen molar-refractivity contribution in [3.63, 3.8) is 0 Å². The lowest BCUT2D eigenvalue weighted by Crippen LogP contribution is -2.12. The number of allylic oxidation sites excluding steroid dienone is 1. The van der Waals surface area contributed by atoms with Gasteiger partial charge in [-0.2, -0.15) is 0 Å². The van der Waals surface area contributed by atoms with Gasteiger partial charge in [0, 0.05) is 33.8 Å². The lowest BCUT2D eigenvalue weighted by Gasteiger charge is -2.24. The van der Waals surface area contributed by atoms with Crippen LogP contribution in [0.15, 0.2) is 188 Å². The van der Waals surface area contributed by atoms with Crippen molar-refractivity contribution in [2.45, 2.75) is 6.92 Å². The first-order valence-electron chi connectivity index (χ1n) is 18.8. The molecule has 0 spiro atoms. The highest BCUT2D eigenvalue weighted by Crippen LogP contribution is 2.44. The average Bonchev–Trinajstić information content (AvgIpc) is 3.26. The molecule has 1 aromatic heterocycles. The van der Waals surface area contributed by atoms with Gasteiger partial charge in [-0.05, 0) is 101 Å². The van der Waals surface area contributed by atoms with Gasteiger partial charge in [-0.15, -0.1) is 0 Å². The smallest absolute Gasteiger partial charge is 0.0788 e. The maximum absolute atomic E-state index is 5.57. The van der Waals surface area contributed by atoms with Crippen molar-refractivity contribution in [1.29, 1.82) is 0 Å². The minimum atomic E-state index is 0.918. The predicted octanol–water partition coefficient (Wildman–Crippen LogP) is 14.3. The minimum Gasteiger partial charge on any atom is -0.256 e. The molecule has 2 heteroatoms. The van der Waals surface area contributed by atoms with Crippen LogP contribution in [0.4, 0.5) is 5.69 Å². The molecule has 55 heavy (non-hydrogen) atoms. The van der Waals surface area contributed by atoms with E-state index in [1.54, 1.807) is 0 Å². The SMILES string of the molecule is C=C1C(=Nc2c(C)c3ccccc3c3ccc(-c4ccc(-c5ccc6c7ccccc7c7ccccc7c6c5)nc4)cc23)c2ccccc2-c2ccccc21. The van der Waals surface area contributed by atoms with E-state index in [1.165, 1.54) is 59.6 Å². The van der Waals surface area contributed by atoms with Crippen LogP contribution in [-0.4, -0.2) is 10.7 Å². The zero-order valence-electron chi connectivity index (χ0n) is 30.3. The number of benzene rings is 9. The first-order chi connectivity index (χ1) is 27.1. The van der Waals surface area contributed by atoms with Crippen molar-refractivity contribution < 1.29 is 0 Å². The number of hydrogen-bond acceptors (Lipinski definition) is 2. The molecule has 0 fully saturated rings. The molecular formula is C53H34N2. The van der Waals surface area contributed by atoms with E-state index in [1.807, 2.05) is 6.20 Å². The molecule has 0 saturated heterocycles. The number of fused-ring (bicyclic) bond motifs is 12. The molecule has 0 aliphatic heterocycles. The number of aliphatic imine (C=N–C) groups is 1. The van der Waals surface area contributed by atoms with Gasteiger partial charge in [0.1, 0.15) is 0 Å². The van der Waals surface area contributed by atoms with Crippen molar-refractivity contribution in [2.24, 2.45) is 4.99 Å². The van der Waals surface area contributed by atoms with Crippen LogP contribution in [0.5, 0.6) is 0 Å². The number of pyridine rings is 1. The molecule has 9 aromatic carbocycles. The van der Waals surface area contributed by atoms with Gasteiger partial charge in [-0.1, -0.05) is 158 Å². The molecule has 0 bridgehead atoms. The van der Waals surface area contributed by atoms with E-state index in [0.717, 1.165) is 61.4 Å². The van der Waals surface area contributed by atoms with E-state index in [2.05, 4.69) is 183 Å². The Bertz CT molecular complexity index is 3240. The van der Waals surface area contributed by atoms with Crippen molar-refractivity contribution >= 4 is 70.8 Å². The minimum absolute atomic E-state index is 0.918. The standard InChI is InChI=1S/C53H34N2/c1-32-37-13-3-5-15-39(37)44-20-11-12-22-48(44)52(32)55-53-33(2)38-14-4-6-16-40(38)47-26-23-34(29-50(47)53)36-25-28-51(54-31-36)35-24-27-46-43-19-8-7-17-41(43)42-18-9-10-21-45(42)49(46)30-35/h3-31H,1H2,2H3. The second-order valence-electron chi connectivity index (χ2n) is 14.6. The monoisotopic (exact) mass is 698 g/mol. The Kier molecular flexibility index (Phi) is 6.96. The van der Waals surface area contributed by atoms with Crippen molar-refractivity contribution in [3.8, 4) is 33.5 Å². The van der Waals surface area contributed by atoms with Crippen molar-refractivity contribution in [2.75, 3.05) is 0 Å². The maximum Gasteiger partial charge on any atom is 0.0788 e. The van der Waals surface area contributed by atoms with E-state index in [4.69, 9.17) is 9.98 Å². The molecule has 0 radical (unpaired) electrons. The molecule has 2 nitrogen and oxygen atoms in total. The summed E-state index contributed by atoms with van der Waals surface area (Å²) in [5.74, 6) is 0. The zero-order valence-corrected chi connectivity index (χ0v) is 30.3. The molecule has 0 saturated carbocycles. The second kappa shape index (κ2) is 12.2. The van der Waals surface area contributed by atoms with Crippen molar-refractivity contribution in [3.05, 3.63) is 199 Å². The molecule has 10 aromatic rings. The van der Waals surface area contributed by atoms with Gasteiger partial charge >= 0.3 is 0 Å². The van der Waals surface area contributed by atoms with Gasteiger partial charge in [0.15, 0.2) is 0 Å². The Balaban J connectivity index is 1.05. The van der Waals surface area contributed by atoms with Crippen LogP contribution in [0.1, 0.15) is 16.7 Å². The fourth-order valence-electron chi connectivity index (χ4n) is 8.91. The molecule has 1 heterocycles. The summed E-state index contributed by atoms with van der Waals surface area (Å²) < 4.78 is 0. The summed E-state index contributed by atoms with van der Waals surface area (Å²) in [7, 11) is 0. The van der Waals surface area contributed by atoms with E-state index in [9.17, 15) is 0 Å². The number of aromatic nitrogens is 1. The Morgan fingerprint density at radius 3 is 1.49 bits per heavy atom. The Labute approximate surface area is 319 Å². The molecule has 0 unspecified atom stereocenters. The Morgan fingerprint density at radius 2 is 0.855 bits per heavy atom. The maximum atomic E-state index is 5.57. The number of hydrogen-bond donors (Lipinski definition) is 0. The highest BCUT2D eigenvalue weighted by atomic mass is 14.8. The summed E-state index contributed by atoms with van der Waals surface area (Å²) in [6, 6.07) is 61.1. The molecule has 0 N–H and O–H groups in total. The molecule has 0 atom stereocenters. The van der Waals surface area contributed by atoms with E-state index in [0.29, 0.717) is 0 Å². The lowest BCUT2D eigenvalue weighted by molar-refractivity contribution is 1.33. The van der Waals surface area contributed by atoms with E-state index >= 15 is 0 Å². The molecule has 0 amide bonds. The van der Waals surface area contributed by atoms with Gasteiger partial charge < -0.3 is 0 Å². The second-order valence-corrected chi connectivity index (χ2v) is 14.6. The molecular weight excluding hydrogens is 665 g/mol. The Morgan fingerprint density at radius 1 is 0.400 bits per heavy atom. The summed E-state index contributed by atoms with van der Waals surface area (Å²) in [6.45, 7) is 6.81. The first kappa shape index (κ1) is 31.4. The van der Waals surface area contributed by atoms with Gasteiger partial charge in [-0.3, -0.25) is 4.98 Å². The summed E-state index contributed by atoms with van der Waals surface area (Å²) in [4.78, 5) is 10.6. The number of nitrogens with zero attached hydrogens (tertiary/aromatic N) is 2. The Hall–Kier alpha value is -7.16. The first-order valence-corrected chi connectivity index (χ1v) is 18.8. The molecule has 1 aliphatic rings. The van der Waals surface area contributed by atoms with Crippen LogP contribution in [0.3, 0.4) is 0 Å². The van der Waals surface area contributed by atoms with E-state index < -0.39 is 0 Å². The topological polar surface area (TPSA) is 25.2 Å². The van der Waals surface area contributed by atoms with Crippen LogP contribution in [0, 0.1) is 6.92 Å². The predicted molar refractivity (Wildman–Crippen MR) is 234 cm³/mol. The molecule has 11 rings (SSSR count). The van der Waals surface area contributed by atoms with Gasteiger partial charge in [0.05, 0.1) is 17.1 Å². The largest absolute Gasteiger partial charge is 0.256 e. The van der Waals surface area contributed by atoms with Crippen LogP contribution >= 0.6 is 0 Å². The highest BCUT2D eigenvalue weighted by molar-refractivity contribution is 6.37. The third kappa shape index (κ3) is 4.82.